The number of ketones is 1. The summed E-state index contributed by atoms with van der Waals surface area (Å²) in [5, 5.41) is 26.1. The monoisotopic (exact) mass is 466 g/mol. The fourth-order valence-corrected chi connectivity index (χ4v) is 4.35. The van der Waals surface area contributed by atoms with Crippen LogP contribution >= 0.6 is 0 Å². The normalized spacial score (nSPS) is 19.5. The lowest BCUT2D eigenvalue weighted by Gasteiger charge is -2.30. The third kappa shape index (κ3) is 5.69. The van der Waals surface area contributed by atoms with Crippen LogP contribution in [0.4, 0.5) is 0 Å². The Morgan fingerprint density at radius 1 is 1.29 bits per heavy atom. The van der Waals surface area contributed by atoms with Crippen molar-refractivity contribution < 1.29 is 24.0 Å². The molecule has 9 heteroatoms. The SMILES string of the molecule is CC(=O)C[C@H](NC(=O)[C@@H]1C[C@@H](O)CN1C(=O)[C@@H](c1cc(C)no1)C(C)C)c1ccc(C#N)cc1. The van der Waals surface area contributed by atoms with Crippen LogP contribution in [0.2, 0.25) is 0 Å². The van der Waals surface area contributed by atoms with Gasteiger partial charge < -0.3 is 19.8 Å². The van der Waals surface area contributed by atoms with Gasteiger partial charge in [-0.25, -0.2) is 0 Å². The number of aromatic nitrogens is 1. The molecule has 0 spiro atoms. The number of aliphatic hydroxyl groups excluding tert-OH is 1. The summed E-state index contributed by atoms with van der Waals surface area (Å²) in [5.41, 5.74) is 1.80. The van der Waals surface area contributed by atoms with Crippen LogP contribution in [0.25, 0.3) is 0 Å². The van der Waals surface area contributed by atoms with E-state index in [2.05, 4.69) is 10.5 Å². The molecule has 0 saturated carbocycles. The predicted octanol–water partition coefficient (Wildman–Crippen LogP) is 2.39. The van der Waals surface area contributed by atoms with E-state index in [9.17, 15) is 19.5 Å². The van der Waals surface area contributed by atoms with Gasteiger partial charge in [0.15, 0.2) is 0 Å². The molecule has 2 N–H and O–H groups in total. The van der Waals surface area contributed by atoms with Crippen molar-refractivity contribution >= 4 is 17.6 Å². The summed E-state index contributed by atoms with van der Waals surface area (Å²) < 4.78 is 5.36. The zero-order valence-electron chi connectivity index (χ0n) is 19.8. The van der Waals surface area contributed by atoms with Gasteiger partial charge in [0.05, 0.1) is 29.5 Å². The Balaban J connectivity index is 1.83. The van der Waals surface area contributed by atoms with Gasteiger partial charge in [0.2, 0.25) is 11.8 Å². The quantitative estimate of drug-likeness (QED) is 0.609. The number of hydrogen-bond donors (Lipinski definition) is 2. The Kier molecular flexibility index (Phi) is 7.84. The molecule has 1 aliphatic heterocycles. The molecular weight excluding hydrogens is 436 g/mol. The molecule has 1 saturated heterocycles. The van der Waals surface area contributed by atoms with Crippen LogP contribution in [0, 0.1) is 24.2 Å². The third-order valence-electron chi connectivity index (χ3n) is 6.00. The number of hydrogen-bond acceptors (Lipinski definition) is 7. The molecule has 180 valence electrons. The van der Waals surface area contributed by atoms with E-state index in [0.717, 1.165) is 0 Å². The maximum Gasteiger partial charge on any atom is 0.243 e. The largest absolute Gasteiger partial charge is 0.391 e. The summed E-state index contributed by atoms with van der Waals surface area (Å²) in [6.07, 6.45) is -0.685. The van der Waals surface area contributed by atoms with Gasteiger partial charge in [0.1, 0.15) is 23.5 Å². The van der Waals surface area contributed by atoms with Crippen molar-refractivity contribution in [3.63, 3.8) is 0 Å². The summed E-state index contributed by atoms with van der Waals surface area (Å²) in [6, 6.07) is 8.87. The number of amides is 2. The van der Waals surface area contributed by atoms with Gasteiger partial charge in [0.25, 0.3) is 0 Å². The number of nitrogens with zero attached hydrogens (tertiary/aromatic N) is 3. The second-order valence-corrected chi connectivity index (χ2v) is 9.19. The summed E-state index contributed by atoms with van der Waals surface area (Å²) in [7, 11) is 0. The Hall–Kier alpha value is -3.51. The first-order chi connectivity index (χ1) is 16.1. The molecule has 2 heterocycles. The highest BCUT2D eigenvalue weighted by Crippen LogP contribution is 2.31. The van der Waals surface area contributed by atoms with Crippen LogP contribution in [0.5, 0.6) is 0 Å². The van der Waals surface area contributed by atoms with Gasteiger partial charge in [-0.2, -0.15) is 5.26 Å². The fourth-order valence-electron chi connectivity index (χ4n) is 4.35. The average Bonchev–Trinajstić information content (AvgIpc) is 3.38. The van der Waals surface area contributed by atoms with Crippen LogP contribution in [-0.2, 0) is 14.4 Å². The van der Waals surface area contributed by atoms with Crippen LogP contribution < -0.4 is 5.32 Å². The zero-order valence-corrected chi connectivity index (χ0v) is 19.8. The number of aliphatic hydroxyl groups is 1. The highest BCUT2D eigenvalue weighted by molar-refractivity contribution is 5.91. The smallest absolute Gasteiger partial charge is 0.243 e. The van der Waals surface area contributed by atoms with E-state index in [0.29, 0.717) is 22.6 Å². The Morgan fingerprint density at radius 2 is 1.97 bits per heavy atom. The van der Waals surface area contributed by atoms with Gasteiger partial charge in [-0.1, -0.05) is 31.1 Å². The van der Waals surface area contributed by atoms with Crippen molar-refractivity contribution in [1.82, 2.24) is 15.4 Å². The van der Waals surface area contributed by atoms with Gasteiger partial charge in [-0.15, -0.1) is 0 Å². The van der Waals surface area contributed by atoms with Crippen molar-refractivity contribution in [1.29, 1.82) is 5.26 Å². The molecular formula is C25H30N4O5. The number of β-amino-alcohol motifs (C(OH)–C–C–N with tert-alkyl or cyclic N) is 1. The van der Waals surface area contributed by atoms with Crippen molar-refractivity contribution in [3.05, 3.63) is 52.9 Å². The average molecular weight is 467 g/mol. The molecule has 1 aromatic heterocycles. The van der Waals surface area contributed by atoms with E-state index in [-0.39, 0.29) is 37.0 Å². The minimum Gasteiger partial charge on any atom is -0.391 e. The number of carbonyl (C=O) groups is 3. The molecule has 34 heavy (non-hydrogen) atoms. The lowest BCUT2D eigenvalue weighted by atomic mass is 9.91. The van der Waals surface area contributed by atoms with E-state index in [4.69, 9.17) is 9.78 Å². The minimum absolute atomic E-state index is 0.0293. The summed E-state index contributed by atoms with van der Waals surface area (Å²) in [5.74, 6) is -1.22. The van der Waals surface area contributed by atoms with Crippen molar-refractivity contribution in [2.24, 2.45) is 5.92 Å². The van der Waals surface area contributed by atoms with E-state index in [1.165, 1.54) is 11.8 Å². The Labute approximate surface area is 198 Å². The topological polar surface area (TPSA) is 137 Å². The van der Waals surface area contributed by atoms with Gasteiger partial charge in [-0.05, 0) is 37.5 Å². The Morgan fingerprint density at radius 3 is 2.50 bits per heavy atom. The lowest BCUT2D eigenvalue weighted by molar-refractivity contribution is -0.141. The summed E-state index contributed by atoms with van der Waals surface area (Å²) in [6.45, 7) is 7.00. The second-order valence-electron chi connectivity index (χ2n) is 9.19. The molecule has 0 radical (unpaired) electrons. The first-order valence-electron chi connectivity index (χ1n) is 11.3. The number of benzene rings is 1. The number of likely N-dealkylation sites (tertiary alicyclic amines) is 1. The van der Waals surface area contributed by atoms with Crippen LogP contribution in [0.3, 0.4) is 0 Å². The number of rotatable bonds is 8. The highest BCUT2D eigenvalue weighted by Gasteiger charge is 2.43. The van der Waals surface area contributed by atoms with E-state index in [1.807, 2.05) is 19.9 Å². The van der Waals surface area contributed by atoms with E-state index in [1.54, 1.807) is 37.3 Å². The highest BCUT2D eigenvalue weighted by atomic mass is 16.5. The van der Waals surface area contributed by atoms with Crippen LogP contribution in [0.1, 0.15) is 68.2 Å². The maximum absolute atomic E-state index is 13.5. The zero-order chi connectivity index (χ0) is 25.0. The molecule has 9 nitrogen and oxygen atoms in total. The summed E-state index contributed by atoms with van der Waals surface area (Å²) >= 11 is 0. The molecule has 0 aliphatic carbocycles. The maximum atomic E-state index is 13.5. The third-order valence-corrected chi connectivity index (χ3v) is 6.00. The first kappa shape index (κ1) is 25.1. The van der Waals surface area contributed by atoms with Gasteiger partial charge >= 0.3 is 0 Å². The van der Waals surface area contributed by atoms with Crippen molar-refractivity contribution in [2.75, 3.05) is 6.54 Å². The Bertz CT molecular complexity index is 1090. The van der Waals surface area contributed by atoms with E-state index < -0.39 is 30.0 Å². The predicted molar refractivity (Wildman–Crippen MR) is 122 cm³/mol. The minimum atomic E-state index is -0.888. The molecule has 0 bridgehead atoms. The number of Topliss-reactive ketones (excluding diaryl/α,β-unsaturated/α-hetero) is 1. The molecule has 0 unspecified atom stereocenters. The molecule has 2 aromatic rings. The van der Waals surface area contributed by atoms with Crippen LogP contribution in [0.15, 0.2) is 34.9 Å². The van der Waals surface area contributed by atoms with E-state index >= 15 is 0 Å². The summed E-state index contributed by atoms with van der Waals surface area (Å²) in [4.78, 5) is 40.1. The molecule has 1 aliphatic rings. The van der Waals surface area contributed by atoms with Crippen molar-refractivity contribution in [2.45, 2.75) is 64.6 Å². The molecule has 3 rings (SSSR count). The second kappa shape index (κ2) is 10.6. The number of nitriles is 1. The lowest BCUT2D eigenvalue weighted by Crippen LogP contribution is -2.49. The standard InChI is InChI=1S/C25H30N4O5/c1-14(2)23(22-9-15(3)28-34-22)25(33)29-13-19(31)11-21(29)24(32)27-20(10-16(4)30)18-7-5-17(12-26)6-8-18/h5-9,14,19-21,23,31H,10-11,13H2,1-4H3,(H,27,32)/t19-,20+,21+,23-/m1/s1. The number of carbonyl (C=O) groups excluding carboxylic acids is 3. The fraction of sp³-hybridized carbons (Fsp3) is 0.480. The number of nitrogens with one attached hydrogen (secondary N) is 1. The molecule has 1 aromatic carbocycles. The van der Waals surface area contributed by atoms with Crippen molar-refractivity contribution in [3.8, 4) is 6.07 Å². The molecule has 1 fully saturated rings. The number of aryl methyl sites for hydroxylation is 1. The molecule has 4 atom stereocenters. The van der Waals surface area contributed by atoms with Gasteiger partial charge in [0, 0.05) is 25.5 Å². The van der Waals surface area contributed by atoms with Gasteiger partial charge in [-0.3, -0.25) is 14.4 Å². The van der Waals surface area contributed by atoms with Crippen LogP contribution in [-0.4, -0.2) is 51.5 Å². The molecule has 2 amide bonds. The first-order valence-corrected chi connectivity index (χ1v) is 11.3.